The fourth-order valence-electron chi connectivity index (χ4n) is 1.02. The van der Waals surface area contributed by atoms with Crippen LogP contribution in [0, 0.1) is 0 Å². The molecule has 1 saturated heterocycles. The number of nitrogens with two attached hydrogens (primary N) is 1. The number of carbonyl (C=O) groups is 1. The Morgan fingerprint density at radius 2 is 2.55 bits per heavy atom. The molecule has 2 atom stereocenters. The molecule has 11 heavy (non-hydrogen) atoms. The summed E-state index contributed by atoms with van der Waals surface area (Å²) < 4.78 is 0. The maximum absolute atomic E-state index is 10.7. The van der Waals surface area contributed by atoms with Crippen molar-refractivity contribution in [2.45, 2.75) is 12.1 Å². The molecule has 0 aliphatic carbocycles. The van der Waals surface area contributed by atoms with Gasteiger partial charge in [-0.25, -0.2) is 0 Å². The summed E-state index contributed by atoms with van der Waals surface area (Å²) >= 11 is 1.51. The lowest BCUT2D eigenvalue weighted by atomic mass is 9.99. The zero-order valence-corrected chi connectivity index (χ0v) is 6.47. The Bertz CT molecular complexity index is 271. The third kappa shape index (κ3) is 0.928. The maximum atomic E-state index is 10.7. The number of nitrogens with zero attached hydrogens (tertiary/aromatic N) is 1. The zero-order chi connectivity index (χ0) is 7.84. The number of β-lactam (4-membered cyclic amide) rings is 1. The van der Waals surface area contributed by atoms with E-state index in [4.69, 9.17) is 5.73 Å². The van der Waals surface area contributed by atoms with Crippen molar-refractivity contribution in [3.05, 3.63) is 16.6 Å². The summed E-state index contributed by atoms with van der Waals surface area (Å²) in [6, 6.07) is -0.384. The van der Waals surface area contributed by atoms with Crippen molar-refractivity contribution >= 4 is 17.2 Å². The summed E-state index contributed by atoms with van der Waals surface area (Å²) in [6.45, 7) is 0. The van der Waals surface area contributed by atoms with Gasteiger partial charge in [0, 0.05) is 11.1 Å². The number of rotatable bonds is 1. The van der Waals surface area contributed by atoms with Crippen molar-refractivity contribution in [1.29, 1.82) is 0 Å². The second kappa shape index (κ2) is 2.28. The molecule has 0 spiro atoms. The van der Waals surface area contributed by atoms with Crippen LogP contribution >= 0.6 is 11.3 Å². The van der Waals surface area contributed by atoms with Gasteiger partial charge in [-0.2, -0.15) is 0 Å². The lowest BCUT2D eigenvalue weighted by molar-refractivity contribution is -0.130. The summed E-state index contributed by atoms with van der Waals surface area (Å²) in [4.78, 5) is 15.6. The Balaban J connectivity index is 2.15. The number of aromatic nitrogens is 1. The van der Waals surface area contributed by atoms with Crippen LogP contribution in [-0.2, 0) is 4.79 Å². The molecule has 1 aromatic rings. The van der Waals surface area contributed by atoms with Crippen LogP contribution in [0.15, 0.2) is 11.7 Å². The van der Waals surface area contributed by atoms with E-state index >= 15 is 0 Å². The van der Waals surface area contributed by atoms with Crippen LogP contribution in [0.25, 0.3) is 0 Å². The Morgan fingerprint density at radius 3 is 3.00 bits per heavy atom. The van der Waals surface area contributed by atoms with Crippen molar-refractivity contribution in [3.8, 4) is 0 Å². The third-order valence-corrected chi connectivity index (χ3v) is 2.58. The smallest absolute Gasteiger partial charge is 0.240 e. The summed E-state index contributed by atoms with van der Waals surface area (Å²) in [5.74, 6) is -0.0802. The number of amides is 1. The van der Waals surface area contributed by atoms with Gasteiger partial charge in [-0.3, -0.25) is 9.78 Å². The maximum Gasteiger partial charge on any atom is 0.240 e. The summed E-state index contributed by atoms with van der Waals surface area (Å²) in [5, 5.41) is 2.70. The minimum absolute atomic E-state index is 0.00463. The molecule has 1 fully saturated rings. The Hall–Kier alpha value is -0.940. The van der Waals surface area contributed by atoms with Crippen LogP contribution < -0.4 is 11.1 Å². The van der Waals surface area contributed by atoms with E-state index < -0.39 is 0 Å². The standard InChI is InChI=1S/C6H7N3OS/c7-4-5(9-6(4)10)3-1-8-2-11-3/h1-2,4-5H,7H2,(H,9,10). The van der Waals surface area contributed by atoms with Crippen molar-refractivity contribution < 1.29 is 4.79 Å². The Morgan fingerprint density at radius 1 is 1.73 bits per heavy atom. The molecule has 2 heterocycles. The lowest BCUT2D eigenvalue weighted by Gasteiger charge is -2.32. The molecule has 1 aliphatic heterocycles. The molecule has 0 bridgehead atoms. The van der Waals surface area contributed by atoms with Crippen molar-refractivity contribution in [1.82, 2.24) is 10.3 Å². The first-order chi connectivity index (χ1) is 5.29. The molecule has 2 unspecified atom stereocenters. The van der Waals surface area contributed by atoms with E-state index in [0.29, 0.717) is 0 Å². The minimum Gasteiger partial charge on any atom is -0.345 e. The first kappa shape index (κ1) is 6.75. The number of hydrogen-bond acceptors (Lipinski definition) is 4. The minimum atomic E-state index is -0.379. The molecule has 58 valence electrons. The van der Waals surface area contributed by atoms with Crippen LogP contribution in [0.5, 0.6) is 0 Å². The van der Waals surface area contributed by atoms with E-state index in [1.54, 1.807) is 11.7 Å². The van der Waals surface area contributed by atoms with E-state index in [1.165, 1.54) is 11.3 Å². The molecule has 3 N–H and O–H groups in total. The first-order valence-corrected chi connectivity index (χ1v) is 4.11. The molecule has 0 aromatic carbocycles. The van der Waals surface area contributed by atoms with Crippen molar-refractivity contribution in [2.75, 3.05) is 0 Å². The molecular formula is C6H7N3OS. The van der Waals surface area contributed by atoms with Crippen LogP contribution in [0.2, 0.25) is 0 Å². The van der Waals surface area contributed by atoms with E-state index in [1.807, 2.05) is 0 Å². The molecule has 1 aliphatic rings. The fraction of sp³-hybridized carbons (Fsp3) is 0.333. The predicted molar refractivity (Wildman–Crippen MR) is 41.0 cm³/mol. The van der Waals surface area contributed by atoms with Gasteiger partial charge in [-0.1, -0.05) is 0 Å². The summed E-state index contributed by atoms with van der Waals surface area (Å²) in [7, 11) is 0. The van der Waals surface area contributed by atoms with Gasteiger partial charge in [-0.05, 0) is 0 Å². The molecule has 2 rings (SSSR count). The van der Waals surface area contributed by atoms with Gasteiger partial charge < -0.3 is 11.1 Å². The average molecular weight is 169 g/mol. The zero-order valence-electron chi connectivity index (χ0n) is 5.65. The number of hydrogen-bond donors (Lipinski definition) is 2. The highest BCUT2D eigenvalue weighted by Gasteiger charge is 2.37. The monoisotopic (exact) mass is 169 g/mol. The molecule has 5 heteroatoms. The number of thiazole rings is 1. The van der Waals surface area contributed by atoms with Gasteiger partial charge in [-0.15, -0.1) is 11.3 Å². The Labute approximate surface area is 67.4 Å². The van der Waals surface area contributed by atoms with Crippen molar-refractivity contribution in [3.63, 3.8) is 0 Å². The van der Waals surface area contributed by atoms with E-state index in [0.717, 1.165) is 4.88 Å². The second-order valence-electron chi connectivity index (χ2n) is 2.42. The van der Waals surface area contributed by atoms with Crippen LogP contribution in [-0.4, -0.2) is 16.9 Å². The van der Waals surface area contributed by atoms with Crippen molar-refractivity contribution in [2.24, 2.45) is 5.73 Å². The molecule has 1 amide bonds. The highest BCUT2D eigenvalue weighted by molar-refractivity contribution is 7.09. The van der Waals surface area contributed by atoms with Crippen LogP contribution in [0.4, 0.5) is 0 Å². The highest BCUT2D eigenvalue weighted by atomic mass is 32.1. The fourth-order valence-corrected chi connectivity index (χ4v) is 1.74. The van der Waals surface area contributed by atoms with E-state index in [2.05, 4.69) is 10.3 Å². The number of carbonyl (C=O) groups excluding carboxylic acids is 1. The Kier molecular flexibility index (Phi) is 1.40. The topological polar surface area (TPSA) is 68.0 Å². The van der Waals surface area contributed by atoms with E-state index in [9.17, 15) is 4.79 Å². The van der Waals surface area contributed by atoms with Gasteiger partial charge in [0.2, 0.25) is 5.91 Å². The van der Waals surface area contributed by atoms with Crippen LogP contribution in [0.1, 0.15) is 10.9 Å². The molecule has 0 saturated carbocycles. The van der Waals surface area contributed by atoms with Gasteiger partial charge in [0.15, 0.2) is 0 Å². The normalized spacial score (nSPS) is 29.4. The predicted octanol–water partition coefficient (Wildman–Crippen LogP) is -0.359. The molecule has 4 nitrogen and oxygen atoms in total. The average Bonchev–Trinajstić information content (AvgIpc) is 2.51. The third-order valence-electron chi connectivity index (χ3n) is 1.72. The molecular weight excluding hydrogens is 162 g/mol. The lowest BCUT2D eigenvalue weighted by Crippen LogP contribution is -2.60. The van der Waals surface area contributed by atoms with Crippen LogP contribution in [0.3, 0.4) is 0 Å². The SMILES string of the molecule is NC1C(=O)NC1c1cncs1. The second-order valence-corrected chi connectivity index (χ2v) is 3.33. The summed E-state index contributed by atoms with van der Waals surface area (Å²) in [5.41, 5.74) is 7.25. The van der Waals surface area contributed by atoms with Gasteiger partial charge >= 0.3 is 0 Å². The molecule has 1 aromatic heterocycles. The molecule has 0 radical (unpaired) electrons. The largest absolute Gasteiger partial charge is 0.345 e. The summed E-state index contributed by atoms with van der Waals surface area (Å²) in [6.07, 6.45) is 1.73. The quantitative estimate of drug-likeness (QED) is 0.564. The highest BCUT2D eigenvalue weighted by Crippen LogP contribution is 2.25. The van der Waals surface area contributed by atoms with Gasteiger partial charge in [0.05, 0.1) is 11.6 Å². The first-order valence-electron chi connectivity index (χ1n) is 3.23. The van der Waals surface area contributed by atoms with Gasteiger partial charge in [0.25, 0.3) is 0 Å². The number of nitrogens with one attached hydrogen (secondary N) is 1. The van der Waals surface area contributed by atoms with E-state index in [-0.39, 0.29) is 18.0 Å². The van der Waals surface area contributed by atoms with Gasteiger partial charge in [0.1, 0.15) is 6.04 Å².